The number of carbonyl (C=O) groups is 5. The number of carboxylic acid groups (broad SMARTS) is 1. The quantitative estimate of drug-likeness (QED) is 0.0528. The van der Waals surface area contributed by atoms with Gasteiger partial charge in [0.25, 0.3) is 0 Å². The zero-order valence-corrected chi connectivity index (χ0v) is 35.7. The lowest BCUT2D eigenvalue weighted by atomic mass is 9.97. The van der Waals surface area contributed by atoms with E-state index in [0.29, 0.717) is 5.56 Å². The first-order valence-corrected chi connectivity index (χ1v) is 20.7. The number of methoxy groups -OCH3 is 2. The first kappa shape index (κ1) is 45.8. The summed E-state index contributed by atoms with van der Waals surface area (Å²) in [6.45, 7) is -0.587. The van der Waals surface area contributed by atoms with Crippen LogP contribution in [0.15, 0.2) is 169 Å². The molecule has 0 aliphatic carbocycles. The first-order chi connectivity index (χ1) is 32.1. The molecule has 5 atom stereocenters. The van der Waals surface area contributed by atoms with Gasteiger partial charge in [0, 0.05) is 12.0 Å². The van der Waals surface area contributed by atoms with Crippen LogP contribution >= 0.6 is 0 Å². The Balaban J connectivity index is 1.34. The molecule has 0 spiro atoms. The molecule has 1 aliphatic heterocycles. The fourth-order valence-electron chi connectivity index (χ4n) is 7.04. The Labute approximate surface area is 379 Å². The van der Waals surface area contributed by atoms with E-state index in [9.17, 15) is 29.1 Å². The second kappa shape index (κ2) is 21.9. The number of hydrogen-bond acceptors (Lipinski definition) is 13. The predicted molar refractivity (Wildman–Crippen MR) is 238 cm³/mol. The van der Waals surface area contributed by atoms with Gasteiger partial charge in [-0.25, -0.2) is 24.0 Å². The van der Waals surface area contributed by atoms with Crippen LogP contribution in [-0.2, 0) is 34.9 Å². The molecule has 14 nitrogen and oxygen atoms in total. The number of carboxylic acids is 1. The summed E-state index contributed by atoms with van der Waals surface area (Å²) in [4.78, 5) is 67.9. The maximum Gasteiger partial charge on any atom is 0.338 e. The van der Waals surface area contributed by atoms with Gasteiger partial charge in [0.15, 0.2) is 23.7 Å². The fourth-order valence-corrected chi connectivity index (χ4v) is 7.04. The topological polar surface area (TPSA) is 179 Å². The smallest absolute Gasteiger partial charge is 0.338 e. The predicted octanol–water partition coefficient (Wildman–Crippen LogP) is 8.05. The molecule has 66 heavy (non-hydrogen) atoms. The molecule has 1 saturated heterocycles. The monoisotopic (exact) mass is 892 g/mol. The van der Waals surface area contributed by atoms with E-state index >= 15 is 0 Å². The summed E-state index contributed by atoms with van der Waals surface area (Å²) in [7, 11) is 2.70. The van der Waals surface area contributed by atoms with E-state index < -0.39 is 67.2 Å². The minimum atomic E-state index is -1.74. The van der Waals surface area contributed by atoms with Gasteiger partial charge in [-0.2, -0.15) is 0 Å². The molecular weight excluding hydrogens is 849 g/mol. The molecule has 1 aliphatic rings. The third-order valence-electron chi connectivity index (χ3n) is 10.3. The second-order valence-electron chi connectivity index (χ2n) is 14.7. The third kappa shape index (κ3) is 11.5. The number of hydrogen-bond donors (Lipinski definition) is 1. The van der Waals surface area contributed by atoms with E-state index in [1.807, 2.05) is 30.3 Å². The highest BCUT2D eigenvalue weighted by molar-refractivity contribution is 5.93. The molecule has 0 saturated carbocycles. The van der Waals surface area contributed by atoms with Crippen LogP contribution in [-0.4, -0.2) is 86.5 Å². The number of aliphatic carboxylic acids is 1. The largest absolute Gasteiger partial charge is 0.493 e. The van der Waals surface area contributed by atoms with E-state index in [0.717, 1.165) is 5.56 Å². The Kier molecular flexibility index (Phi) is 15.2. The van der Waals surface area contributed by atoms with Gasteiger partial charge in [0.1, 0.15) is 12.7 Å². The molecule has 7 rings (SSSR count). The molecule has 0 unspecified atom stereocenters. The number of ether oxygens (including phenoxy) is 8. The van der Waals surface area contributed by atoms with Crippen molar-refractivity contribution in [1.29, 1.82) is 0 Å². The summed E-state index contributed by atoms with van der Waals surface area (Å²) >= 11 is 0. The first-order valence-electron chi connectivity index (χ1n) is 20.7. The maximum atomic E-state index is 14.1. The summed E-state index contributed by atoms with van der Waals surface area (Å²) in [5, 5.41) is 10.2. The van der Waals surface area contributed by atoms with E-state index in [4.69, 9.17) is 37.9 Å². The van der Waals surface area contributed by atoms with Gasteiger partial charge in [-0.05, 0) is 77.9 Å². The highest BCUT2D eigenvalue weighted by Gasteiger charge is 2.54. The van der Waals surface area contributed by atoms with E-state index in [1.165, 1.54) is 68.8 Å². The van der Waals surface area contributed by atoms with Crippen LogP contribution in [0.4, 0.5) is 0 Å². The molecule has 0 aromatic heterocycles. The van der Waals surface area contributed by atoms with Gasteiger partial charge in [-0.1, -0.05) is 103 Å². The number of carbonyl (C=O) groups excluding carboxylic acids is 4. The van der Waals surface area contributed by atoms with Crippen molar-refractivity contribution in [2.45, 2.75) is 37.1 Å². The van der Waals surface area contributed by atoms with E-state index in [2.05, 4.69) is 0 Å². The van der Waals surface area contributed by atoms with E-state index in [1.54, 1.807) is 84.9 Å². The van der Waals surface area contributed by atoms with Crippen molar-refractivity contribution in [2.75, 3.05) is 20.8 Å². The zero-order chi connectivity index (χ0) is 46.4. The van der Waals surface area contributed by atoms with Crippen LogP contribution in [0.1, 0.15) is 52.6 Å². The normalized spacial score (nSPS) is 17.9. The summed E-state index contributed by atoms with van der Waals surface area (Å²) < 4.78 is 48.9. The van der Waals surface area contributed by atoms with Crippen LogP contribution in [0.5, 0.6) is 17.2 Å². The van der Waals surface area contributed by atoms with Gasteiger partial charge >= 0.3 is 29.8 Å². The fraction of sp³-hybridized carbons (Fsp3) is 0.173. The molecule has 1 heterocycles. The minimum Gasteiger partial charge on any atom is -0.493 e. The van der Waals surface area contributed by atoms with Crippen molar-refractivity contribution in [3.63, 3.8) is 0 Å². The Morgan fingerprint density at radius 1 is 0.545 bits per heavy atom. The molecule has 1 N–H and O–H groups in total. The lowest BCUT2D eigenvalue weighted by Gasteiger charge is -2.44. The van der Waals surface area contributed by atoms with Gasteiger partial charge in [0.2, 0.25) is 18.1 Å². The van der Waals surface area contributed by atoms with Crippen molar-refractivity contribution < 1.29 is 67.0 Å². The van der Waals surface area contributed by atoms with Crippen molar-refractivity contribution in [1.82, 2.24) is 0 Å². The SMILES string of the molecule is COc1cc(C=C(Cc2ccccc2)C(=O)O)cc(OC)c1O[C@@H]1O[C@H](COC(=O)c2ccccc2)[C@@H](OC(=O)c2ccccc2)[C@H](OC(=O)c2ccccc2)[C@H]1OC(=O)c1ccccc1. The molecular formula is C52H44O14. The molecule has 0 amide bonds. The van der Waals surface area contributed by atoms with Crippen LogP contribution in [0.3, 0.4) is 0 Å². The number of rotatable bonds is 17. The van der Waals surface area contributed by atoms with Gasteiger partial charge in [0.05, 0.1) is 36.5 Å². The molecule has 6 aromatic rings. The molecule has 14 heteroatoms. The van der Waals surface area contributed by atoms with Crippen LogP contribution in [0, 0.1) is 0 Å². The van der Waals surface area contributed by atoms with Crippen molar-refractivity contribution in [2.24, 2.45) is 0 Å². The van der Waals surface area contributed by atoms with Crippen LogP contribution in [0.25, 0.3) is 6.08 Å². The average Bonchev–Trinajstić information content (AvgIpc) is 3.36. The minimum absolute atomic E-state index is 0.0318. The van der Waals surface area contributed by atoms with E-state index in [-0.39, 0.29) is 51.5 Å². The average molecular weight is 893 g/mol. The molecule has 0 radical (unpaired) electrons. The lowest BCUT2D eigenvalue weighted by Crippen LogP contribution is -2.64. The number of esters is 4. The van der Waals surface area contributed by atoms with Crippen molar-refractivity contribution >= 4 is 35.9 Å². The summed E-state index contributed by atoms with van der Waals surface area (Å²) in [5.41, 5.74) is 1.75. The molecule has 6 aromatic carbocycles. The van der Waals surface area contributed by atoms with Gasteiger partial charge in [-0.15, -0.1) is 0 Å². The highest BCUT2D eigenvalue weighted by atomic mass is 16.7. The summed E-state index contributed by atoms with van der Waals surface area (Å²) in [5.74, 6) is -4.58. The molecule has 336 valence electrons. The highest BCUT2D eigenvalue weighted by Crippen LogP contribution is 2.42. The third-order valence-corrected chi connectivity index (χ3v) is 10.3. The lowest BCUT2D eigenvalue weighted by molar-refractivity contribution is -0.275. The molecule has 0 bridgehead atoms. The Morgan fingerprint density at radius 2 is 0.955 bits per heavy atom. The Morgan fingerprint density at radius 3 is 1.39 bits per heavy atom. The van der Waals surface area contributed by atoms with Crippen LogP contribution in [0.2, 0.25) is 0 Å². The maximum absolute atomic E-state index is 14.1. The summed E-state index contributed by atoms with van der Waals surface area (Å²) in [6.07, 6.45) is -6.66. The van der Waals surface area contributed by atoms with Crippen molar-refractivity contribution in [3.8, 4) is 17.2 Å². The standard InChI is InChI=1S/C52H44O14/c1-59-40-30-34(29-39(47(53)54)28-33-18-8-3-9-19-33)31-41(60-2)43(40)66-52-46(65-51(58)38-26-16-7-17-27-38)45(64-50(57)37-24-14-6-15-25-37)44(63-49(56)36-22-12-5-13-23-36)42(62-52)32-61-48(55)35-20-10-4-11-21-35/h3-27,29-31,42,44-46,52H,28,32H2,1-2H3,(H,53,54)/t42-,44-,45+,46-,52+/m1/s1. The van der Waals surface area contributed by atoms with Crippen molar-refractivity contribution in [3.05, 3.63) is 203 Å². The Bertz CT molecular complexity index is 2610. The Hall–Kier alpha value is -8.23. The van der Waals surface area contributed by atoms with Gasteiger partial charge in [-0.3, -0.25) is 0 Å². The molecule has 1 fully saturated rings. The number of benzene rings is 6. The second-order valence-corrected chi connectivity index (χ2v) is 14.7. The summed E-state index contributed by atoms with van der Waals surface area (Å²) in [6, 6.07) is 44.1. The van der Waals surface area contributed by atoms with Gasteiger partial charge < -0.3 is 43.0 Å². The zero-order valence-electron chi connectivity index (χ0n) is 35.7. The van der Waals surface area contributed by atoms with Crippen LogP contribution < -0.4 is 14.2 Å².